The number of carbonyl (C=O) groups is 1. The van der Waals surface area contributed by atoms with Crippen molar-refractivity contribution in [1.82, 2.24) is 0 Å². The number of carboxylic acid groups (broad SMARTS) is 1. The van der Waals surface area contributed by atoms with Gasteiger partial charge in [0.05, 0.1) is 11.5 Å². The Morgan fingerprint density at radius 3 is 2.47 bits per heavy atom. The zero-order chi connectivity index (χ0) is 11.6. The van der Waals surface area contributed by atoms with Gasteiger partial charge in [-0.1, -0.05) is 20.3 Å². The molecule has 1 aliphatic carbocycles. The Morgan fingerprint density at radius 1 is 1.53 bits per heavy atom. The largest absolute Gasteiger partial charge is 0.481 e. The van der Waals surface area contributed by atoms with Gasteiger partial charge in [-0.05, 0) is 38.0 Å². The van der Waals surface area contributed by atoms with Crippen LogP contribution in [0.5, 0.6) is 0 Å². The molecule has 2 N–H and O–H groups in total. The smallest absolute Gasteiger partial charge is 0.310 e. The monoisotopic (exact) mass is 214 g/mol. The van der Waals surface area contributed by atoms with Crippen LogP contribution in [0, 0.1) is 17.3 Å². The van der Waals surface area contributed by atoms with Crippen molar-refractivity contribution >= 4 is 5.97 Å². The van der Waals surface area contributed by atoms with Gasteiger partial charge in [-0.2, -0.15) is 0 Å². The van der Waals surface area contributed by atoms with Crippen molar-refractivity contribution in [3.8, 4) is 0 Å². The number of hydrogen-bond donors (Lipinski definition) is 2. The number of rotatable bonds is 4. The SMILES string of the molecule is CCC1CCC(C(=O)O)(C(C)C(C)O)C1. The molecule has 1 saturated carbocycles. The number of carboxylic acids is 1. The summed E-state index contributed by atoms with van der Waals surface area (Å²) < 4.78 is 0. The van der Waals surface area contributed by atoms with Gasteiger partial charge in [0.25, 0.3) is 0 Å². The van der Waals surface area contributed by atoms with E-state index in [2.05, 4.69) is 6.92 Å². The van der Waals surface area contributed by atoms with Crippen LogP contribution < -0.4 is 0 Å². The van der Waals surface area contributed by atoms with Gasteiger partial charge in [-0.25, -0.2) is 0 Å². The second-order valence-corrected chi connectivity index (χ2v) is 5.01. The molecule has 1 fully saturated rings. The highest BCUT2D eigenvalue weighted by molar-refractivity contribution is 5.75. The molecule has 4 atom stereocenters. The van der Waals surface area contributed by atoms with Gasteiger partial charge in [-0.15, -0.1) is 0 Å². The summed E-state index contributed by atoms with van der Waals surface area (Å²) >= 11 is 0. The molecule has 0 heterocycles. The lowest BCUT2D eigenvalue weighted by Gasteiger charge is -2.33. The number of aliphatic hydroxyl groups is 1. The average Bonchev–Trinajstić information content (AvgIpc) is 2.61. The van der Waals surface area contributed by atoms with Gasteiger partial charge in [0, 0.05) is 0 Å². The predicted octanol–water partition coefficient (Wildman–Crippen LogP) is 2.28. The van der Waals surface area contributed by atoms with E-state index in [0.29, 0.717) is 12.3 Å². The minimum absolute atomic E-state index is 0.161. The fourth-order valence-electron chi connectivity index (χ4n) is 2.79. The van der Waals surface area contributed by atoms with Gasteiger partial charge in [0.15, 0.2) is 0 Å². The summed E-state index contributed by atoms with van der Waals surface area (Å²) in [6.45, 7) is 5.65. The van der Waals surface area contributed by atoms with E-state index < -0.39 is 17.5 Å². The fraction of sp³-hybridized carbons (Fsp3) is 0.917. The first-order valence-electron chi connectivity index (χ1n) is 5.85. The van der Waals surface area contributed by atoms with Crippen LogP contribution in [0.15, 0.2) is 0 Å². The second kappa shape index (κ2) is 4.52. The Hall–Kier alpha value is -0.570. The lowest BCUT2D eigenvalue weighted by molar-refractivity contribution is -0.155. The second-order valence-electron chi connectivity index (χ2n) is 5.01. The normalized spacial score (nSPS) is 35.1. The number of aliphatic hydroxyl groups excluding tert-OH is 1. The third-order valence-electron chi connectivity index (χ3n) is 4.25. The van der Waals surface area contributed by atoms with E-state index in [1.54, 1.807) is 6.92 Å². The van der Waals surface area contributed by atoms with E-state index in [4.69, 9.17) is 0 Å². The van der Waals surface area contributed by atoms with Gasteiger partial charge in [0.2, 0.25) is 0 Å². The summed E-state index contributed by atoms with van der Waals surface area (Å²) in [5.74, 6) is -0.374. The Kier molecular flexibility index (Phi) is 3.77. The van der Waals surface area contributed by atoms with Crippen molar-refractivity contribution in [2.45, 2.75) is 52.6 Å². The summed E-state index contributed by atoms with van der Waals surface area (Å²) in [5, 5.41) is 19.0. The topological polar surface area (TPSA) is 57.5 Å². The van der Waals surface area contributed by atoms with Crippen LogP contribution in [-0.2, 0) is 4.79 Å². The standard InChI is InChI=1S/C12H22O3/c1-4-10-5-6-12(7-10,11(14)15)8(2)9(3)13/h8-10,13H,4-7H2,1-3H3,(H,14,15). The Bertz CT molecular complexity index is 237. The highest BCUT2D eigenvalue weighted by atomic mass is 16.4. The van der Waals surface area contributed by atoms with Crippen molar-refractivity contribution in [3.63, 3.8) is 0 Å². The van der Waals surface area contributed by atoms with Gasteiger partial charge in [-0.3, -0.25) is 4.79 Å². The zero-order valence-corrected chi connectivity index (χ0v) is 9.86. The van der Waals surface area contributed by atoms with Crippen LogP contribution in [0.2, 0.25) is 0 Å². The van der Waals surface area contributed by atoms with Crippen molar-refractivity contribution in [2.75, 3.05) is 0 Å². The molecule has 15 heavy (non-hydrogen) atoms. The fourth-order valence-corrected chi connectivity index (χ4v) is 2.79. The van der Waals surface area contributed by atoms with Crippen LogP contribution in [0.1, 0.15) is 46.5 Å². The third-order valence-corrected chi connectivity index (χ3v) is 4.25. The molecule has 0 aromatic rings. The Balaban J connectivity index is 2.86. The molecule has 0 aliphatic heterocycles. The Morgan fingerprint density at radius 2 is 2.13 bits per heavy atom. The quantitative estimate of drug-likeness (QED) is 0.755. The molecule has 1 aliphatic rings. The maximum Gasteiger partial charge on any atom is 0.310 e. The lowest BCUT2D eigenvalue weighted by atomic mass is 9.72. The average molecular weight is 214 g/mol. The minimum Gasteiger partial charge on any atom is -0.481 e. The molecule has 0 spiro atoms. The van der Waals surface area contributed by atoms with Gasteiger partial charge in [0.1, 0.15) is 0 Å². The van der Waals surface area contributed by atoms with Crippen LogP contribution in [0.3, 0.4) is 0 Å². The number of aliphatic carboxylic acids is 1. The molecule has 3 heteroatoms. The van der Waals surface area contributed by atoms with Gasteiger partial charge >= 0.3 is 5.97 Å². The Labute approximate surface area is 91.5 Å². The summed E-state index contributed by atoms with van der Waals surface area (Å²) in [6, 6.07) is 0. The van der Waals surface area contributed by atoms with E-state index in [0.717, 1.165) is 19.3 Å². The first kappa shape index (κ1) is 12.5. The van der Waals surface area contributed by atoms with E-state index in [9.17, 15) is 15.0 Å². The molecule has 88 valence electrons. The van der Waals surface area contributed by atoms with Crippen LogP contribution >= 0.6 is 0 Å². The molecule has 3 nitrogen and oxygen atoms in total. The van der Waals surface area contributed by atoms with E-state index in [1.165, 1.54) is 0 Å². The van der Waals surface area contributed by atoms with Crippen molar-refractivity contribution in [3.05, 3.63) is 0 Å². The number of hydrogen-bond acceptors (Lipinski definition) is 2. The summed E-state index contributed by atoms with van der Waals surface area (Å²) in [4.78, 5) is 11.4. The highest BCUT2D eigenvalue weighted by Gasteiger charge is 2.50. The van der Waals surface area contributed by atoms with Crippen LogP contribution in [-0.4, -0.2) is 22.3 Å². The van der Waals surface area contributed by atoms with Gasteiger partial charge < -0.3 is 10.2 Å². The summed E-state index contributed by atoms with van der Waals surface area (Å²) in [6.07, 6.45) is 2.93. The molecule has 0 bridgehead atoms. The minimum atomic E-state index is -0.730. The maximum atomic E-state index is 11.4. The molecule has 0 aromatic heterocycles. The van der Waals surface area contributed by atoms with Crippen molar-refractivity contribution in [2.24, 2.45) is 17.3 Å². The predicted molar refractivity (Wildman–Crippen MR) is 58.5 cm³/mol. The lowest BCUT2D eigenvalue weighted by Crippen LogP contribution is -2.40. The summed E-state index contributed by atoms with van der Waals surface area (Å²) in [5.41, 5.74) is -0.686. The van der Waals surface area contributed by atoms with Crippen LogP contribution in [0.4, 0.5) is 0 Å². The van der Waals surface area contributed by atoms with E-state index in [1.807, 2.05) is 6.92 Å². The van der Waals surface area contributed by atoms with E-state index >= 15 is 0 Å². The van der Waals surface area contributed by atoms with Crippen LogP contribution in [0.25, 0.3) is 0 Å². The molecule has 0 radical (unpaired) electrons. The van der Waals surface area contributed by atoms with Crippen molar-refractivity contribution < 1.29 is 15.0 Å². The molecule has 4 unspecified atom stereocenters. The van der Waals surface area contributed by atoms with Crippen molar-refractivity contribution in [1.29, 1.82) is 0 Å². The molecule has 0 aromatic carbocycles. The first-order chi connectivity index (χ1) is 6.94. The molecule has 1 rings (SSSR count). The summed E-state index contributed by atoms with van der Waals surface area (Å²) in [7, 11) is 0. The zero-order valence-electron chi connectivity index (χ0n) is 9.86. The third kappa shape index (κ3) is 2.17. The van der Waals surface area contributed by atoms with E-state index in [-0.39, 0.29) is 5.92 Å². The molecular formula is C12H22O3. The molecule has 0 saturated heterocycles. The maximum absolute atomic E-state index is 11.4. The molecular weight excluding hydrogens is 192 g/mol. The first-order valence-corrected chi connectivity index (χ1v) is 5.85. The highest BCUT2D eigenvalue weighted by Crippen LogP contribution is 2.49. The molecule has 0 amide bonds.